The van der Waals surface area contributed by atoms with Crippen LogP contribution in [-0.4, -0.2) is 61.3 Å². The molecule has 2 bridgehead atoms. The van der Waals surface area contributed by atoms with Crippen molar-refractivity contribution in [3.05, 3.63) is 105 Å². The number of hydrogen-bond donors (Lipinski definition) is 1. The SMILES string of the molecule is CO[C@H]1/C=C\C[C@H](C)CS(=O)(NC(=O)c2ccc3c(c2)COCC3)=NC(=O)c2ccc3c(c2)N(C[C@@H]2CC[C@H]21)C[C@@]1(CCCc2cc(Cl)ccc21)CO3. The third-order valence-corrected chi connectivity index (χ3v) is 14.2. The second-order valence-electron chi connectivity index (χ2n) is 15.7. The smallest absolute Gasteiger partial charge is 0.286 e. The zero-order valence-corrected chi connectivity index (χ0v) is 32.1. The second-order valence-corrected chi connectivity index (χ2v) is 18.1. The molecule has 5 aliphatic rings. The molecule has 2 aliphatic carbocycles. The largest absolute Gasteiger partial charge is 0.490 e. The minimum Gasteiger partial charge on any atom is -0.490 e. The highest BCUT2D eigenvalue weighted by molar-refractivity contribution is 7.92. The van der Waals surface area contributed by atoms with Gasteiger partial charge < -0.3 is 19.1 Å². The molecule has 9 nitrogen and oxygen atoms in total. The van der Waals surface area contributed by atoms with Gasteiger partial charge in [-0.1, -0.05) is 42.8 Å². The van der Waals surface area contributed by atoms with Crippen LogP contribution < -0.4 is 14.4 Å². The fourth-order valence-corrected chi connectivity index (χ4v) is 11.2. The number of fused-ring (bicyclic) bond motifs is 5. The molecule has 1 N–H and O–H groups in total. The number of rotatable bonds is 3. The van der Waals surface area contributed by atoms with Crippen molar-refractivity contribution in [2.45, 2.75) is 70.0 Å². The molecule has 53 heavy (non-hydrogen) atoms. The lowest BCUT2D eigenvalue weighted by Crippen LogP contribution is -2.49. The average molecular weight is 758 g/mol. The fourth-order valence-electron chi connectivity index (χ4n) is 9.08. The fraction of sp³-hybridized carbons (Fsp3) is 0.476. The first-order valence-electron chi connectivity index (χ1n) is 18.9. The number of nitrogens with zero attached hydrogens (tertiary/aromatic N) is 2. The zero-order chi connectivity index (χ0) is 36.7. The predicted molar refractivity (Wildman–Crippen MR) is 207 cm³/mol. The molecule has 3 aromatic carbocycles. The Balaban J connectivity index is 1.18. The van der Waals surface area contributed by atoms with E-state index >= 15 is 0 Å². The van der Waals surface area contributed by atoms with Crippen molar-refractivity contribution < 1.29 is 28.0 Å². The summed E-state index contributed by atoms with van der Waals surface area (Å²) in [7, 11) is -1.77. The van der Waals surface area contributed by atoms with Crippen LogP contribution in [0.3, 0.4) is 0 Å². The number of ether oxygens (including phenoxy) is 3. The third kappa shape index (κ3) is 7.40. The highest BCUT2D eigenvalue weighted by atomic mass is 35.5. The summed E-state index contributed by atoms with van der Waals surface area (Å²) in [4.78, 5) is 30.2. The molecule has 6 atom stereocenters. The average Bonchev–Trinajstić information content (AvgIpc) is 3.28. The van der Waals surface area contributed by atoms with Crippen LogP contribution in [0.15, 0.2) is 71.1 Å². The van der Waals surface area contributed by atoms with Gasteiger partial charge in [-0.25, -0.2) is 4.21 Å². The number of allylic oxidation sites excluding steroid dienone is 1. The Morgan fingerprint density at radius 3 is 2.79 bits per heavy atom. The number of carbonyl (C=O) groups is 2. The molecule has 8 rings (SSSR count). The van der Waals surface area contributed by atoms with E-state index in [1.165, 1.54) is 11.1 Å². The van der Waals surface area contributed by atoms with E-state index in [9.17, 15) is 13.8 Å². The molecule has 11 heteroatoms. The van der Waals surface area contributed by atoms with Crippen molar-refractivity contribution in [2.24, 2.45) is 22.1 Å². The molecule has 0 aromatic heterocycles. The van der Waals surface area contributed by atoms with Gasteiger partial charge in [0.1, 0.15) is 15.7 Å². The van der Waals surface area contributed by atoms with Crippen LogP contribution in [0, 0.1) is 17.8 Å². The molecule has 280 valence electrons. The molecule has 1 unspecified atom stereocenters. The van der Waals surface area contributed by atoms with Crippen LogP contribution in [0.5, 0.6) is 5.75 Å². The van der Waals surface area contributed by atoms with Gasteiger partial charge in [0.25, 0.3) is 11.8 Å². The van der Waals surface area contributed by atoms with Crippen LogP contribution >= 0.6 is 11.6 Å². The molecule has 1 saturated carbocycles. The highest BCUT2D eigenvalue weighted by Gasteiger charge is 2.44. The monoisotopic (exact) mass is 757 g/mol. The van der Waals surface area contributed by atoms with Gasteiger partial charge in [-0.05, 0) is 127 Å². The lowest BCUT2D eigenvalue weighted by Gasteiger charge is -2.46. The van der Waals surface area contributed by atoms with Crippen LogP contribution in [0.4, 0.5) is 5.69 Å². The van der Waals surface area contributed by atoms with E-state index in [4.69, 9.17) is 25.8 Å². The van der Waals surface area contributed by atoms with Gasteiger partial charge in [0.2, 0.25) is 0 Å². The second kappa shape index (κ2) is 14.9. The summed E-state index contributed by atoms with van der Waals surface area (Å²) in [6.45, 7) is 5.03. The topological polar surface area (TPSA) is 107 Å². The summed E-state index contributed by atoms with van der Waals surface area (Å²) < 4.78 is 40.1. The molecule has 1 fully saturated rings. The van der Waals surface area contributed by atoms with E-state index in [2.05, 4.69) is 38.3 Å². The maximum atomic E-state index is 14.7. The molecular weight excluding hydrogens is 710 g/mol. The van der Waals surface area contributed by atoms with E-state index in [0.29, 0.717) is 55.0 Å². The van der Waals surface area contributed by atoms with Gasteiger partial charge >= 0.3 is 0 Å². The molecule has 1 spiro atoms. The van der Waals surface area contributed by atoms with Crippen molar-refractivity contribution in [3.63, 3.8) is 0 Å². The Kier molecular flexibility index (Phi) is 10.2. The zero-order valence-electron chi connectivity index (χ0n) is 30.5. The minimum atomic E-state index is -3.54. The summed E-state index contributed by atoms with van der Waals surface area (Å²) in [5.41, 5.74) is 5.84. The van der Waals surface area contributed by atoms with E-state index in [1.54, 1.807) is 25.3 Å². The molecular formula is C42H48ClN3O6S. The van der Waals surface area contributed by atoms with Crippen LogP contribution in [0.25, 0.3) is 0 Å². The number of nitrogens with one attached hydrogen (secondary N) is 1. The van der Waals surface area contributed by atoms with E-state index in [-0.39, 0.29) is 23.2 Å². The molecule has 3 aromatic rings. The Morgan fingerprint density at radius 2 is 1.96 bits per heavy atom. The standard InChI is InChI=1S/C42H48ClN3O6S/c1-27-5-3-7-38(50-2)35-13-10-32(35)22-46-25-42(17-4-6-29-20-34(43)12-14-36(29)42)26-52-39-15-11-31(21-37(39)46)41(48)45-53(49,24-27)44-40(47)30-9-8-28-16-18-51-23-33(28)19-30/h3,7-9,11-12,14-15,19-21,27,32,35,38H,4-6,10,13,16-18,22-26H2,1-2H3,(H,44,45,47,48,49)/b7-3-/t27-,32-,35+,38-,42-,53?/m0/s1. The van der Waals surface area contributed by atoms with Gasteiger partial charge in [-0.2, -0.15) is 0 Å². The number of amides is 2. The number of carbonyl (C=O) groups excluding carboxylic acids is 2. The Labute approximate surface area is 317 Å². The number of aryl methyl sites for hydroxylation is 1. The Morgan fingerprint density at radius 1 is 1.08 bits per heavy atom. The minimum absolute atomic E-state index is 0.0126. The van der Waals surface area contributed by atoms with E-state index in [0.717, 1.165) is 73.5 Å². The Hall–Kier alpha value is -3.70. The van der Waals surface area contributed by atoms with Crippen molar-refractivity contribution >= 4 is 39.0 Å². The first-order chi connectivity index (χ1) is 25.6. The van der Waals surface area contributed by atoms with E-state index < -0.39 is 21.7 Å². The van der Waals surface area contributed by atoms with Crippen LogP contribution in [-0.2, 0) is 44.3 Å². The predicted octanol–water partition coefficient (Wildman–Crippen LogP) is 7.48. The molecule has 2 amide bonds. The quantitative estimate of drug-likeness (QED) is 0.276. The van der Waals surface area contributed by atoms with E-state index in [1.807, 2.05) is 31.2 Å². The van der Waals surface area contributed by atoms with Crippen molar-refractivity contribution in [2.75, 3.05) is 44.1 Å². The maximum Gasteiger partial charge on any atom is 0.286 e. The first-order valence-corrected chi connectivity index (χ1v) is 21.0. The number of anilines is 1. The Bertz CT molecular complexity index is 2080. The van der Waals surface area contributed by atoms with Gasteiger partial charge in [0.15, 0.2) is 0 Å². The lowest BCUT2D eigenvalue weighted by atomic mass is 9.68. The number of benzene rings is 3. The van der Waals surface area contributed by atoms with Crippen LogP contribution in [0.2, 0.25) is 5.02 Å². The third-order valence-electron chi connectivity index (χ3n) is 12.0. The number of methoxy groups -OCH3 is 1. The summed E-state index contributed by atoms with van der Waals surface area (Å²) in [6, 6.07) is 17.1. The first kappa shape index (κ1) is 36.3. The molecule has 0 radical (unpaired) electrons. The summed E-state index contributed by atoms with van der Waals surface area (Å²) in [5.74, 6) is 0.135. The van der Waals surface area contributed by atoms with Gasteiger partial charge in [0, 0.05) is 41.8 Å². The molecule has 3 heterocycles. The molecule has 0 saturated heterocycles. The normalized spacial score (nSPS) is 30.3. The summed E-state index contributed by atoms with van der Waals surface area (Å²) in [5, 5.41) is 0.742. The number of hydrogen-bond acceptors (Lipinski definition) is 7. The van der Waals surface area contributed by atoms with Crippen LogP contribution in [0.1, 0.15) is 82.0 Å². The van der Waals surface area contributed by atoms with Gasteiger partial charge in [0.05, 0.1) is 37.4 Å². The summed E-state index contributed by atoms with van der Waals surface area (Å²) in [6.07, 6.45) is 10.7. The maximum absolute atomic E-state index is 14.7. The number of halogens is 1. The summed E-state index contributed by atoms with van der Waals surface area (Å²) >= 11 is 6.47. The molecule has 3 aliphatic heterocycles. The van der Waals surface area contributed by atoms with Gasteiger partial charge in [-0.15, -0.1) is 4.36 Å². The van der Waals surface area contributed by atoms with Crippen molar-refractivity contribution in [3.8, 4) is 5.75 Å². The van der Waals surface area contributed by atoms with Gasteiger partial charge in [-0.3, -0.25) is 14.3 Å². The van der Waals surface area contributed by atoms with Crippen molar-refractivity contribution in [1.82, 2.24) is 4.72 Å². The highest BCUT2D eigenvalue weighted by Crippen LogP contribution is 2.47. The van der Waals surface area contributed by atoms with Crippen molar-refractivity contribution in [1.29, 1.82) is 0 Å². The lowest BCUT2D eigenvalue weighted by molar-refractivity contribution is 0.0131.